The van der Waals surface area contributed by atoms with E-state index in [9.17, 15) is 4.79 Å². The van der Waals surface area contributed by atoms with Crippen molar-refractivity contribution in [3.8, 4) is 0 Å². The van der Waals surface area contributed by atoms with Crippen molar-refractivity contribution < 1.29 is 4.79 Å². The van der Waals surface area contributed by atoms with E-state index in [1.54, 1.807) is 24.4 Å². The van der Waals surface area contributed by atoms with E-state index in [0.717, 1.165) is 5.56 Å². The Hall–Kier alpha value is -2.36. The van der Waals surface area contributed by atoms with E-state index in [4.69, 9.17) is 5.73 Å². The molecule has 0 bridgehead atoms. The third kappa shape index (κ3) is 2.42. The fraction of sp³-hybridized carbons (Fsp3) is 0.0769. The van der Waals surface area contributed by atoms with Gasteiger partial charge < -0.3 is 11.1 Å². The quantitative estimate of drug-likeness (QED) is 0.773. The molecule has 0 atom stereocenters. The number of rotatable bonds is 2. The van der Waals surface area contributed by atoms with Crippen LogP contribution in [0.1, 0.15) is 16.1 Å². The molecule has 86 valence electrons. The molecular formula is C13H13N3O. The van der Waals surface area contributed by atoms with Crippen molar-refractivity contribution in [2.24, 2.45) is 0 Å². The van der Waals surface area contributed by atoms with Crippen molar-refractivity contribution in [3.63, 3.8) is 0 Å². The first-order chi connectivity index (χ1) is 8.18. The number of carbonyl (C=O) groups excluding carboxylic acids is 1. The second kappa shape index (κ2) is 4.65. The first-order valence-corrected chi connectivity index (χ1v) is 5.26. The van der Waals surface area contributed by atoms with Crippen LogP contribution in [-0.2, 0) is 0 Å². The number of aryl methyl sites for hydroxylation is 1. The molecule has 0 spiro atoms. The zero-order valence-corrected chi connectivity index (χ0v) is 9.47. The van der Waals surface area contributed by atoms with Gasteiger partial charge in [-0.3, -0.25) is 9.78 Å². The van der Waals surface area contributed by atoms with Gasteiger partial charge in [0.2, 0.25) is 0 Å². The summed E-state index contributed by atoms with van der Waals surface area (Å²) in [6, 6.07) is 10.8. The lowest BCUT2D eigenvalue weighted by Gasteiger charge is -2.08. The molecule has 0 aliphatic carbocycles. The lowest BCUT2D eigenvalue weighted by atomic mass is 10.2. The number of hydrogen-bond donors (Lipinski definition) is 2. The zero-order chi connectivity index (χ0) is 12.3. The largest absolute Gasteiger partial charge is 0.397 e. The third-order valence-corrected chi connectivity index (χ3v) is 2.43. The van der Waals surface area contributed by atoms with Crippen LogP contribution in [0.15, 0.2) is 42.6 Å². The molecule has 0 radical (unpaired) electrons. The Bertz CT molecular complexity index is 552. The van der Waals surface area contributed by atoms with Gasteiger partial charge in [0.25, 0.3) is 5.91 Å². The highest BCUT2D eigenvalue weighted by Crippen LogP contribution is 2.17. The van der Waals surface area contributed by atoms with Crippen molar-refractivity contribution in [3.05, 3.63) is 53.9 Å². The predicted octanol–water partition coefficient (Wildman–Crippen LogP) is 2.22. The number of nitrogens with one attached hydrogen (secondary N) is 1. The fourth-order valence-corrected chi connectivity index (χ4v) is 1.52. The average Bonchev–Trinajstić information content (AvgIpc) is 2.32. The number of nitrogens with zero attached hydrogens (tertiary/aromatic N) is 1. The van der Waals surface area contributed by atoms with Gasteiger partial charge in [0.1, 0.15) is 5.69 Å². The Morgan fingerprint density at radius 3 is 2.71 bits per heavy atom. The minimum absolute atomic E-state index is 0.249. The Balaban J connectivity index is 2.24. The maximum absolute atomic E-state index is 12.0. The summed E-state index contributed by atoms with van der Waals surface area (Å²) in [6.07, 6.45) is 1.59. The standard InChI is InChI=1S/C13H13N3O/c1-9-5-4-8-15-12(9)13(17)16-11-7-3-2-6-10(11)14/h2-8H,14H2,1H3,(H,16,17). The monoisotopic (exact) mass is 227 g/mol. The van der Waals surface area contributed by atoms with E-state index in [2.05, 4.69) is 10.3 Å². The molecule has 4 heteroatoms. The van der Waals surface area contributed by atoms with Crippen LogP contribution < -0.4 is 11.1 Å². The molecule has 0 aliphatic heterocycles. The summed E-state index contributed by atoms with van der Waals surface area (Å²) >= 11 is 0. The molecular weight excluding hydrogens is 214 g/mol. The van der Waals surface area contributed by atoms with Crippen molar-refractivity contribution in [1.29, 1.82) is 0 Å². The van der Waals surface area contributed by atoms with Crippen LogP contribution in [0.3, 0.4) is 0 Å². The second-order valence-corrected chi connectivity index (χ2v) is 3.71. The van der Waals surface area contributed by atoms with Crippen molar-refractivity contribution in [2.45, 2.75) is 6.92 Å². The average molecular weight is 227 g/mol. The van der Waals surface area contributed by atoms with Crippen molar-refractivity contribution in [1.82, 2.24) is 4.98 Å². The van der Waals surface area contributed by atoms with Crippen LogP contribution in [0.4, 0.5) is 11.4 Å². The maximum Gasteiger partial charge on any atom is 0.274 e. The van der Waals surface area contributed by atoms with Crippen LogP contribution in [0, 0.1) is 6.92 Å². The van der Waals surface area contributed by atoms with E-state index in [1.807, 2.05) is 25.1 Å². The zero-order valence-electron chi connectivity index (χ0n) is 9.47. The highest BCUT2D eigenvalue weighted by Gasteiger charge is 2.10. The Morgan fingerprint density at radius 1 is 1.24 bits per heavy atom. The summed E-state index contributed by atoms with van der Waals surface area (Å²) in [5.74, 6) is -0.249. The van der Waals surface area contributed by atoms with E-state index in [-0.39, 0.29) is 5.91 Å². The van der Waals surface area contributed by atoms with Gasteiger partial charge in [-0.15, -0.1) is 0 Å². The highest BCUT2D eigenvalue weighted by molar-refractivity contribution is 6.05. The molecule has 0 unspecified atom stereocenters. The summed E-state index contributed by atoms with van der Waals surface area (Å²) < 4.78 is 0. The van der Waals surface area contributed by atoms with Gasteiger partial charge in [-0.25, -0.2) is 0 Å². The molecule has 2 aromatic rings. The van der Waals surface area contributed by atoms with Crippen LogP contribution >= 0.6 is 0 Å². The number of aromatic nitrogens is 1. The Labute approximate surface area is 99.5 Å². The highest BCUT2D eigenvalue weighted by atomic mass is 16.1. The summed E-state index contributed by atoms with van der Waals surface area (Å²) in [7, 11) is 0. The smallest absolute Gasteiger partial charge is 0.274 e. The van der Waals surface area contributed by atoms with Gasteiger partial charge in [0.05, 0.1) is 11.4 Å². The molecule has 1 aromatic carbocycles. The number of benzene rings is 1. The van der Waals surface area contributed by atoms with E-state index in [0.29, 0.717) is 17.1 Å². The molecule has 0 saturated carbocycles. The van der Waals surface area contributed by atoms with Gasteiger partial charge >= 0.3 is 0 Å². The number of anilines is 2. The molecule has 1 heterocycles. The number of nitrogen functional groups attached to an aromatic ring is 1. The summed E-state index contributed by atoms with van der Waals surface area (Å²) in [4.78, 5) is 16.0. The molecule has 0 fully saturated rings. The third-order valence-electron chi connectivity index (χ3n) is 2.43. The van der Waals surface area contributed by atoms with Gasteiger partial charge in [-0.1, -0.05) is 18.2 Å². The molecule has 3 N–H and O–H groups in total. The van der Waals surface area contributed by atoms with Gasteiger partial charge in [0, 0.05) is 6.20 Å². The second-order valence-electron chi connectivity index (χ2n) is 3.71. The number of para-hydroxylation sites is 2. The van der Waals surface area contributed by atoms with Gasteiger partial charge in [-0.2, -0.15) is 0 Å². The lowest BCUT2D eigenvalue weighted by Crippen LogP contribution is -2.15. The van der Waals surface area contributed by atoms with Gasteiger partial charge in [-0.05, 0) is 30.7 Å². The SMILES string of the molecule is Cc1cccnc1C(=O)Nc1ccccc1N. The number of amides is 1. The molecule has 1 aromatic heterocycles. The first-order valence-electron chi connectivity index (χ1n) is 5.26. The Kier molecular flexibility index (Phi) is 3.05. The Morgan fingerprint density at radius 2 is 2.00 bits per heavy atom. The molecule has 4 nitrogen and oxygen atoms in total. The molecule has 2 rings (SSSR count). The summed E-state index contributed by atoms with van der Waals surface area (Å²) in [6.45, 7) is 1.84. The topological polar surface area (TPSA) is 68.0 Å². The van der Waals surface area contributed by atoms with Crippen LogP contribution in [0.5, 0.6) is 0 Å². The molecule has 0 aliphatic rings. The maximum atomic E-state index is 12.0. The summed E-state index contributed by atoms with van der Waals surface area (Å²) in [5.41, 5.74) is 8.13. The molecule has 17 heavy (non-hydrogen) atoms. The minimum atomic E-state index is -0.249. The van der Waals surface area contributed by atoms with Crippen LogP contribution in [-0.4, -0.2) is 10.9 Å². The van der Waals surface area contributed by atoms with E-state index >= 15 is 0 Å². The lowest BCUT2D eigenvalue weighted by molar-refractivity contribution is 0.102. The van der Waals surface area contributed by atoms with Crippen LogP contribution in [0.25, 0.3) is 0 Å². The first kappa shape index (κ1) is 11.1. The van der Waals surface area contributed by atoms with E-state index < -0.39 is 0 Å². The van der Waals surface area contributed by atoms with Crippen molar-refractivity contribution in [2.75, 3.05) is 11.1 Å². The number of pyridine rings is 1. The molecule has 0 saturated heterocycles. The number of carbonyl (C=O) groups is 1. The normalized spacial score (nSPS) is 9.94. The van der Waals surface area contributed by atoms with Crippen molar-refractivity contribution >= 4 is 17.3 Å². The summed E-state index contributed by atoms with van der Waals surface area (Å²) in [5, 5.41) is 2.74. The minimum Gasteiger partial charge on any atom is -0.397 e. The van der Waals surface area contributed by atoms with Gasteiger partial charge in [0.15, 0.2) is 0 Å². The number of nitrogens with two attached hydrogens (primary N) is 1. The van der Waals surface area contributed by atoms with E-state index in [1.165, 1.54) is 0 Å². The molecule has 1 amide bonds. The number of hydrogen-bond acceptors (Lipinski definition) is 3. The fourth-order valence-electron chi connectivity index (χ4n) is 1.52. The van der Waals surface area contributed by atoms with Crippen LogP contribution in [0.2, 0.25) is 0 Å². The predicted molar refractivity (Wildman–Crippen MR) is 67.8 cm³/mol.